The maximum absolute atomic E-state index is 10.9. The molecular formula is C12H25NO3. The number of ether oxygens (including phenoxy) is 1. The van der Waals surface area contributed by atoms with Crippen LogP contribution >= 0.6 is 0 Å². The van der Waals surface area contributed by atoms with Crippen LogP contribution in [0.2, 0.25) is 0 Å². The van der Waals surface area contributed by atoms with E-state index in [1.54, 1.807) is 6.92 Å². The van der Waals surface area contributed by atoms with Gasteiger partial charge in [0.05, 0.1) is 0 Å². The van der Waals surface area contributed by atoms with E-state index in [1.165, 1.54) is 0 Å². The zero-order valence-electron chi connectivity index (χ0n) is 10.7. The van der Waals surface area contributed by atoms with Gasteiger partial charge in [0.2, 0.25) is 0 Å². The van der Waals surface area contributed by atoms with Crippen molar-refractivity contribution in [3.8, 4) is 0 Å². The first kappa shape index (κ1) is 15.4. The molecule has 0 aliphatic carbocycles. The molecule has 1 unspecified atom stereocenters. The van der Waals surface area contributed by atoms with Crippen LogP contribution in [0, 0.1) is 5.92 Å². The Labute approximate surface area is 98.2 Å². The number of hydrogen-bond donors (Lipinski definition) is 2. The third kappa shape index (κ3) is 6.08. The van der Waals surface area contributed by atoms with Crippen LogP contribution < -0.4 is 5.73 Å². The highest BCUT2D eigenvalue weighted by atomic mass is 16.5. The van der Waals surface area contributed by atoms with Crippen molar-refractivity contribution in [1.29, 1.82) is 0 Å². The molecule has 0 aromatic heterocycles. The number of rotatable bonds is 9. The van der Waals surface area contributed by atoms with Gasteiger partial charge in [0.15, 0.2) is 0 Å². The summed E-state index contributed by atoms with van der Waals surface area (Å²) >= 11 is 0. The molecule has 4 heteroatoms. The summed E-state index contributed by atoms with van der Waals surface area (Å²) in [6.45, 7) is 7.44. The van der Waals surface area contributed by atoms with E-state index in [9.17, 15) is 4.79 Å². The minimum absolute atomic E-state index is 0.453. The van der Waals surface area contributed by atoms with Crippen LogP contribution in [0.1, 0.15) is 46.5 Å². The average molecular weight is 231 g/mol. The summed E-state index contributed by atoms with van der Waals surface area (Å²) in [5.74, 6) is -0.277. The minimum Gasteiger partial charge on any atom is -0.480 e. The molecule has 0 saturated carbocycles. The number of carboxylic acid groups (broad SMARTS) is 1. The molecule has 0 aromatic carbocycles. The van der Waals surface area contributed by atoms with Crippen LogP contribution in [-0.2, 0) is 9.53 Å². The summed E-state index contributed by atoms with van der Waals surface area (Å²) in [6.07, 6.45) is 2.67. The Kier molecular flexibility index (Phi) is 7.34. The summed E-state index contributed by atoms with van der Waals surface area (Å²) in [6, 6.07) is 0. The monoisotopic (exact) mass is 231 g/mol. The first-order valence-electron chi connectivity index (χ1n) is 6.02. The highest BCUT2D eigenvalue weighted by Gasteiger charge is 2.30. The van der Waals surface area contributed by atoms with Crippen LogP contribution in [0.4, 0.5) is 0 Å². The van der Waals surface area contributed by atoms with Crippen molar-refractivity contribution >= 4 is 5.97 Å². The van der Waals surface area contributed by atoms with Gasteiger partial charge in [0, 0.05) is 13.2 Å². The van der Waals surface area contributed by atoms with E-state index in [2.05, 4.69) is 13.8 Å². The van der Waals surface area contributed by atoms with Crippen molar-refractivity contribution in [2.75, 3.05) is 13.2 Å². The van der Waals surface area contributed by atoms with Crippen molar-refractivity contribution in [1.82, 2.24) is 0 Å². The molecule has 0 rings (SSSR count). The zero-order valence-corrected chi connectivity index (χ0v) is 10.7. The molecule has 3 N–H and O–H groups in total. The fourth-order valence-electron chi connectivity index (χ4n) is 1.35. The lowest BCUT2D eigenvalue weighted by Crippen LogP contribution is -2.47. The van der Waals surface area contributed by atoms with Crippen LogP contribution in [0.25, 0.3) is 0 Å². The maximum Gasteiger partial charge on any atom is 0.323 e. The molecule has 0 saturated heterocycles. The average Bonchev–Trinajstić information content (AvgIpc) is 2.22. The van der Waals surface area contributed by atoms with E-state index in [1.807, 2.05) is 0 Å². The van der Waals surface area contributed by atoms with Gasteiger partial charge in [-0.2, -0.15) is 0 Å². The van der Waals surface area contributed by atoms with E-state index in [0.29, 0.717) is 31.8 Å². The van der Waals surface area contributed by atoms with E-state index < -0.39 is 11.5 Å². The number of aliphatic carboxylic acids is 1. The molecular weight excluding hydrogens is 206 g/mol. The van der Waals surface area contributed by atoms with Crippen molar-refractivity contribution < 1.29 is 14.6 Å². The number of carboxylic acids is 1. The number of nitrogens with two attached hydrogens (primary N) is 1. The second-order valence-electron chi connectivity index (χ2n) is 4.71. The first-order valence-corrected chi connectivity index (χ1v) is 6.02. The lowest BCUT2D eigenvalue weighted by atomic mass is 9.92. The van der Waals surface area contributed by atoms with Gasteiger partial charge in [-0.3, -0.25) is 4.79 Å². The summed E-state index contributed by atoms with van der Waals surface area (Å²) in [7, 11) is 0. The molecule has 0 aliphatic heterocycles. The second kappa shape index (κ2) is 7.63. The normalized spacial score (nSPS) is 15.1. The predicted octanol–water partition coefficient (Wildman–Crippen LogP) is 2.02. The molecule has 96 valence electrons. The second-order valence-corrected chi connectivity index (χ2v) is 4.71. The van der Waals surface area contributed by atoms with Crippen LogP contribution in [0.15, 0.2) is 0 Å². The van der Waals surface area contributed by atoms with E-state index in [-0.39, 0.29) is 0 Å². The molecule has 0 radical (unpaired) electrons. The molecule has 4 nitrogen and oxygen atoms in total. The Hall–Kier alpha value is -0.610. The fourth-order valence-corrected chi connectivity index (χ4v) is 1.35. The van der Waals surface area contributed by atoms with Crippen LogP contribution in [0.3, 0.4) is 0 Å². The topological polar surface area (TPSA) is 72.5 Å². The van der Waals surface area contributed by atoms with E-state index >= 15 is 0 Å². The third-order valence-corrected chi connectivity index (χ3v) is 2.81. The molecule has 0 bridgehead atoms. The van der Waals surface area contributed by atoms with Gasteiger partial charge in [-0.05, 0) is 31.6 Å². The van der Waals surface area contributed by atoms with Gasteiger partial charge in [-0.1, -0.05) is 20.8 Å². The number of hydrogen-bond acceptors (Lipinski definition) is 3. The van der Waals surface area contributed by atoms with Crippen molar-refractivity contribution in [3.63, 3.8) is 0 Å². The molecule has 16 heavy (non-hydrogen) atoms. The van der Waals surface area contributed by atoms with Gasteiger partial charge in [0.1, 0.15) is 5.54 Å². The maximum atomic E-state index is 10.9. The SMILES string of the molecule is CCC(N)(CCCOCCC(C)C)C(=O)O. The first-order chi connectivity index (χ1) is 7.42. The largest absolute Gasteiger partial charge is 0.480 e. The molecule has 0 aliphatic rings. The zero-order chi connectivity index (χ0) is 12.6. The van der Waals surface area contributed by atoms with Crippen molar-refractivity contribution in [2.24, 2.45) is 11.7 Å². The van der Waals surface area contributed by atoms with E-state index in [4.69, 9.17) is 15.6 Å². The van der Waals surface area contributed by atoms with Crippen LogP contribution in [0.5, 0.6) is 0 Å². The molecule has 0 aromatic rings. The van der Waals surface area contributed by atoms with Gasteiger partial charge in [0.25, 0.3) is 0 Å². The predicted molar refractivity (Wildman–Crippen MR) is 64.4 cm³/mol. The Bertz CT molecular complexity index is 206. The molecule has 0 spiro atoms. The molecule has 0 amide bonds. The summed E-state index contributed by atoms with van der Waals surface area (Å²) in [5.41, 5.74) is 4.67. The standard InChI is InChI=1S/C12H25NO3/c1-4-12(13,11(14)15)7-5-8-16-9-6-10(2)3/h10H,4-9,13H2,1-3H3,(H,14,15). The lowest BCUT2D eigenvalue weighted by Gasteiger charge is -2.22. The fraction of sp³-hybridized carbons (Fsp3) is 0.917. The third-order valence-electron chi connectivity index (χ3n) is 2.81. The Balaban J connectivity index is 3.61. The van der Waals surface area contributed by atoms with Crippen molar-refractivity contribution in [2.45, 2.75) is 52.0 Å². The molecule has 1 atom stereocenters. The number of carbonyl (C=O) groups is 1. The highest BCUT2D eigenvalue weighted by Crippen LogP contribution is 2.14. The summed E-state index contributed by atoms with van der Waals surface area (Å²) in [4.78, 5) is 10.9. The minimum atomic E-state index is -1.08. The molecule has 0 heterocycles. The van der Waals surface area contributed by atoms with Crippen molar-refractivity contribution in [3.05, 3.63) is 0 Å². The highest BCUT2D eigenvalue weighted by molar-refractivity contribution is 5.78. The van der Waals surface area contributed by atoms with Gasteiger partial charge in [-0.25, -0.2) is 0 Å². The summed E-state index contributed by atoms with van der Waals surface area (Å²) < 4.78 is 5.42. The van der Waals surface area contributed by atoms with Crippen LogP contribution in [-0.4, -0.2) is 29.8 Å². The Morgan fingerprint density at radius 2 is 2.06 bits per heavy atom. The van der Waals surface area contributed by atoms with Gasteiger partial charge < -0.3 is 15.6 Å². The van der Waals surface area contributed by atoms with Gasteiger partial charge >= 0.3 is 5.97 Å². The molecule has 0 fully saturated rings. The Morgan fingerprint density at radius 3 is 2.50 bits per heavy atom. The smallest absolute Gasteiger partial charge is 0.323 e. The lowest BCUT2D eigenvalue weighted by molar-refractivity contribution is -0.143. The van der Waals surface area contributed by atoms with Gasteiger partial charge in [-0.15, -0.1) is 0 Å². The quantitative estimate of drug-likeness (QED) is 0.595. The summed E-state index contributed by atoms with van der Waals surface area (Å²) in [5, 5.41) is 8.94. The van der Waals surface area contributed by atoms with E-state index in [0.717, 1.165) is 13.0 Å². The Morgan fingerprint density at radius 1 is 1.44 bits per heavy atom.